The van der Waals surface area contributed by atoms with Gasteiger partial charge in [-0.2, -0.15) is 0 Å². The highest BCUT2D eigenvalue weighted by Crippen LogP contribution is 2.32. The molecule has 1 heterocycles. The lowest BCUT2D eigenvalue weighted by Gasteiger charge is -2.16. The van der Waals surface area contributed by atoms with Crippen molar-refractivity contribution in [1.82, 2.24) is 0 Å². The van der Waals surface area contributed by atoms with Crippen molar-refractivity contribution < 1.29 is 14.4 Å². The van der Waals surface area contributed by atoms with Gasteiger partial charge in [0.05, 0.1) is 12.1 Å². The maximum atomic E-state index is 13.0. The molecular formula is C27H23Cl2N3O3. The van der Waals surface area contributed by atoms with Crippen molar-refractivity contribution in [2.24, 2.45) is 0 Å². The number of amides is 3. The third-order valence-corrected chi connectivity index (χ3v) is 6.58. The Morgan fingerprint density at radius 2 is 1.46 bits per heavy atom. The lowest BCUT2D eigenvalue weighted by molar-refractivity contribution is -0.120. The second kappa shape index (κ2) is 9.94. The minimum absolute atomic E-state index is 0.0198. The summed E-state index contributed by atoms with van der Waals surface area (Å²) < 4.78 is 0. The van der Waals surface area contributed by atoms with Crippen LogP contribution in [0.3, 0.4) is 0 Å². The number of benzene rings is 3. The van der Waals surface area contributed by atoms with Gasteiger partial charge in [-0.05, 0) is 79.4 Å². The van der Waals surface area contributed by atoms with Crippen LogP contribution in [0.5, 0.6) is 0 Å². The second-order valence-corrected chi connectivity index (χ2v) is 9.20. The topological polar surface area (TPSA) is 78.5 Å². The number of hydrogen-bond acceptors (Lipinski definition) is 4. The molecule has 6 nitrogen and oxygen atoms in total. The molecule has 3 aromatic carbocycles. The Morgan fingerprint density at radius 1 is 0.800 bits per heavy atom. The van der Waals surface area contributed by atoms with Gasteiger partial charge in [0.25, 0.3) is 11.8 Å². The number of nitrogens with one attached hydrogen (secondary N) is 2. The third kappa shape index (κ3) is 5.24. The van der Waals surface area contributed by atoms with E-state index in [4.69, 9.17) is 23.2 Å². The summed E-state index contributed by atoms with van der Waals surface area (Å²) >= 11 is 12.4. The largest absolute Gasteiger partial charge is 0.350 e. The number of anilines is 3. The van der Waals surface area contributed by atoms with Gasteiger partial charge in [0, 0.05) is 16.4 Å². The molecule has 0 aromatic heterocycles. The van der Waals surface area contributed by atoms with Crippen LogP contribution in [-0.2, 0) is 20.8 Å². The van der Waals surface area contributed by atoms with E-state index in [0.717, 1.165) is 32.8 Å². The first-order valence-corrected chi connectivity index (χ1v) is 11.7. The van der Waals surface area contributed by atoms with Crippen LogP contribution in [0.25, 0.3) is 0 Å². The molecule has 1 aliphatic rings. The molecule has 0 unspecified atom stereocenters. The van der Waals surface area contributed by atoms with E-state index in [-0.39, 0.29) is 23.1 Å². The van der Waals surface area contributed by atoms with E-state index in [0.29, 0.717) is 16.4 Å². The lowest BCUT2D eigenvalue weighted by atomic mass is 10.1. The summed E-state index contributed by atoms with van der Waals surface area (Å²) in [5.74, 6) is -1.33. The first-order valence-electron chi connectivity index (χ1n) is 10.9. The van der Waals surface area contributed by atoms with E-state index in [2.05, 4.69) is 10.6 Å². The molecule has 0 spiro atoms. The average molecular weight is 508 g/mol. The van der Waals surface area contributed by atoms with Crippen LogP contribution < -0.4 is 15.5 Å². The van der Waals surface area contributed by atoms with Crippen molar-refractivity contribution in [3.8, 4) is 0 Å². The highest BCUT2D eigenvalue weighted by Gasteiger charge is 2.39. The molecule has 8 heteroatoms. The van der Waals surface area contributed by atoms with E-state index in [9.17, 15) is 14.4 Å². The summed E-state index contributed by atoms with van der Waals surface area (Å²) in [4.78, 5) is 39.0. The molecular weight excluding hydrogens is 485 g/mol. The van der Waals surface area contributed by atoms with Gasteiger partial charge >= 0.3 is 0 Å². The molecule has 0 saturated carbocycles. The van der Waals surface area contributed by atoms with E-state index in [1.807, 2.05) is 39.0 Å². The third-order valence-electron chi connectivity index (χ3n) is 5.82. The predicted octanol–water partition coefficient (Wildman–Crippen LogP) is 5.88. The summed E-state index contributed by atoms with van der Waals surface area (Å²) in [6, 6.07) is 17.7. The molecule has 0 bridgehead atoms. The number of carbonyl (C=O) groups is 3. The van der Waals surface area contributed by atoms with Crippen LogP contribution in [-0.4, -0.2) is 17.7 Å². The zero-order valence-corrected chi connectivity index (χ0v) is 20.9. The second-order valence-electron chi connectivity index (χ2n) is 8.41. The molecule has 1 aliphatic heterocycles. The van der Waals surface area contributed by atoms with Crippen LogP contribution in [0.1, 0.15) is 22.3 Å². The van der Waals surface area contributed by atoms with Crippen LogP contribution >= 0.6 is 23.2 Å². The van der Waals surface area contributed by atoms with Crippen molar-refractivity contribution in [1.29, 1.82) is 0 Å². The van der Waals surface area contributed by atoms with E-state index < -0.39 is 11.8 Å². The van der Waals surface area contributed by atoms with Crippen molar-refractivity contribution in [2.75, 3.05) is 15.5 Å². The SMILES string of the molecule is Cc1ccc(NC(=O)Cc2ccc(NC3=C(Cl)C(=O)N(c4ccc(C)c(Cl)c4)C3=O)cc2)cc1C. The number of aryl methyl sites for hydroxylation is 3. The van der Waals surface area contributed by atoms with Crippen molar-refractivity contribution >= 4 is 58.0 Å². The number of rotatable bonds is 6. The number of carbonyl (C=O) groups excluding carboxylic acids is 3. The van der Waals surface area contributed by atoms with Gasteiger partial charge in [-0.25, -0.2) is 4.90 Å². The zero-order valence-electron chi connectivity index (χ0n) is 19.4. The zero-order chi connectivity index (χ0) is 25.3. The number of hydrogen-bond donors (Lipinski definition) is 2. The molecule has 35 heavy (non-hydrogen) atoms. The lowest BCUT2D eigenvalue weighted by Crippen LogP contribution is -2.32. The van der Waals surface area contributed by atoms with Gasteiger partial charge in [-0.15, -0.1) is 0 Å². The Balaban J connectivity index is 1.42. The van der Waals surface area contributed by atoms with Gasteiger partial charge < -0.3 is 10.6 Å². The highest BCUT2D eigenvalue weighted by atomic mass is 35.5. The fraction of sp³-hybridized carbons (Fsp3) is 0.148. The summed E-state index contributed by atoms with van der Waals surface area (Å²) in [6.07, 6.45) is 0.191. The molecule has 2 N–H and O–H groups in total. The Labute approximate surface area is 213 Å². The molecule has 0 saturated heterocycles. The fourth-order valence-electron chi connectivity index (χ4n) is 3.63. The standard InChI is InChI=1S/C27H23Cl2N3O3/c1-15-4-8-20(12-17(15)3)30-23(33)13-18-6-9-19(10-7-18)31-25-24(29)26(34)32(27(25)35)21-11-5-16(2)22(28)14-21/h4-12,14,31H,13H2,1-3H3,(H,30,33). The summed E-state index contributed by atoms with van der Waals surface area (Å²) in [7, 11) is 0. The number of halogens is 2. The molecule has 178 valence electrons. The van der Waals surface area contributed by atoms with Crippen LogP contribution in [0.2, 0.25) is 5.02 Å². The summed E-state index contributed by atoms with van der Waals surface area (Å²) in [5, 5.41) is 6.07. The van der Waals surface area contributed by atoms with E-state index >= 15 is 0 Å². The van der Waals surface area contributed by atoms with Crippen molar-refractivity contribution in [2.45, 2.75) is 27.2 Å². The summed E-state index contributed by atoms with van der Waals surface area (Å²) in [6.45, 7) is 5.84. The van der Waals surface area contributed by atoms with E-state index in [1.54, 1.807) is 42.5 Å². The number of nitrogens with zero attached hydrogens (tertiary/aromatic N) is 1. The van der Waals surface area contributed by atoms with Crippen molar-refractivity contribution in [3.63, 3.8) is 0 Å². The predicted molar refractivity (Wildman–Crippen MR) is 140 cm³/mol. The van der Waals surface area contributed by atoms with Crippen LogP contribution in [0.15, 0.2) is 71.4 Å². The Hall–Kier alpha value is -3.61. The average Bonchev–Trinajstić information content (AvgIpc) is 3.02. The maximum Gasteiger partial charge on any atom is 0.283 e. The number of imide groups is 1. The van der Waals surface area contributed by atoms with Gasteiger partial charge in [0.15, 0.2) is 0 Å². The molecule has 0 fully saturated rings. The minimum atomic E-state index is -0.626. The highest BCUT2D eigenvalue weighted by molar-refractivity contribution is 6.53. The Kier molecular flexibility index (Phi) is 6.96. The van der Waals surface area contributed by atoms with Crippen LogP contribution in [0.4, 0.5) is 17.1 Å². The first kappa shape index (κ1) is 24.5. The van der Waals surface area contributed by atoms with Gasteiger partial charge in [-0.3, -0.25) is 14.4 Å². The smallest absolute Gasteiger partial charge is 0.283 e. The van der Waals surface area contributed by atoms with Gasteiger partial charge in [0.2, 0.25) is 5.91 Å². The van der Waals surface area contributed by atoms with Crippen LogP contribution in [0, 0.1) is 20.8 Å². The Morgan fingerprint density at radius 3 is 2.11 bits per heavy atom. The quantitative estimate of drug-likeness (QED) is 0.408. The molecule has 0 radical (unpaired) electrons. The maximum absolute atomic E-state index is 13.0. The molecule has 3 amide bonds. The minimum Gasteiger partial charge on any atom is -0.350 e. The fourth-order valence-corrected chi connectivity index (χ4v) is 4.01. The first-order chi connectivity index (χ1) is 16.6. The Bertz CT molecular complexity index is 1380. The van der Waals surface area contributed by atoms with Crippen molar-refractivity contribution in [3.05, 3.63) is 98.7 Å². The summed E-state index contributed by atoms with van der Waals surface area (Å²) in [5.41, 5.74) is 5.52. The molecule has 0 atom stereocenters. The molecule has 3 aromatic rings. The van der Waals surface area contributed by atoms with Gasteiger partial charge in [0.1, 0.15) is 10.7 Å². The normalized spacial score (nSPS) is 13.5. The van der Waals surface area contributed by atoms with Gasteiger partial charge in [-0.1, -0.05) is 47.5 Å². The monoisotopic (exact) mass is 507 g/mol. The molecule has 4 rings (SSSR count). The van der Waals surface area contributed by atoms with E-state index in [1.165, 1.54) is 0 Å². The molecule has 0 aliphatic carbocycles.